The molecule has 0 saturated heterocycles. The molecular formula is C11H7ClF3N. The Bertz CT molecular complexity index is 444. The number of benzene rings is 1. The predicted molar refractivity (Wildman–Crippen MR) is 55.7 cm³/mol. The second kappa shape index (κ2) is 5.04. The van der Waals surface area contributed by atoms with Crippen LogP contribution in [0.15, 0.2) is 24.3 Å². The van der Waals surface area contributed by atoms with E-state index in [-0.39, 0.29) is 11.4 Å². The van der Waals surface area contributed by atoms with Crippen LogP contribution in [-0.4, -0.2) is 0 Å². The van der Waals surface area contributed by atoms with Gasteiger partial charge in [0.1, 0.15) is 0 Å². The van der Waals surface area contributed by atoms with Crippen LogP contribution in [0, 0.1) is 11.3 Å². The Balaban J connectivity index is 2.97. The maximum atomic E-state index is 12.3. The first kappa shape index (κ1) is 12.6. The van der Waals surface area contributed by atoms with Gasteiger partial charge in [-0.05, 0) is 17.7 Å². The lowest BCUT2D eigenvalue weighted by Gasteiger charge is -2.07. The smallest absolute Gasteiger partial charge is 0.198 e. The molecule has 0 fully saturated rings. The molecule has 0 N–H and O–H groups in total. The molecular weight excluding hydrogens is 239 g/mol. The highest BCUT2D eigenvalue weighted by Gasteiger charge is 2.30. The largest absolute Gasteiger partial charge is 0.416 e. The van der Waals surface area contributed by atoms with Gasteiger partial charge in [0, 0.05) is 5.02 Å². The van der Waals surface area contributed by atoms with E-state index in [1.54, 1.807) is 0 Å². The summed E-state index contributed by atoms with van der Waals surface area (Å²) in [6, 6.07) is 4.98. The van der Waals surface area contributed by atoms with Crippen molar-refractivity contribution >= 4 is 17.7 Å². The number of hydrogen-bond donors (Lipinski definition) is 0. The van der Waals surface area contributed by atoms with Gasteiger partial charge in [-0.1, -0.05) is 29.8 Å². The molecule has 16 heavy (non-hydrogen) atoms. The zero-order chi connectivity index (χ0) is 12.2. The van der Waals surface area contributed by atoms with E-state index in [1.807, 2.05) is 6.07 Å². The Morgan fingerprint density at radius 2 is 2.06 bits per heavy atom. The summed E-state index contributed by atoms with van der Waals surface area (Å²) in [7, 11) is 0. The standard InChI is InChI=1S/C11H7ClF3N/c12-10-7-9(11(13,14)15)5-4-8(10)3-1-2-6-16/h1,3-5,7H,2H2. The third kappa shape index (κ3) is 3.28. The molecule has 0 aliphatic heterocycles. The molecule has 84 valence electrons. The number of nitriles is 1. The van der Waals surface area contributed by atoms with Crippen LogP contribution >= 0.6 is 11.6 Å². The number of allylic oxidation sites excluding steroid dienone is 1. The minimum atomic E-state index is -4.39. The van der Waals surface area contributed by atoms with Crippen LogP contribution in [0.1, 0.15) is 17.5 Å². The molecule has 0 aliphatic rings. The predicted octanol–water partition coefficient (Wildman–Crippen LogP) is 4.29. The summed E-state index contributed by atoms with van der Waals surface area (Å²) >= 11 is 5.68. The van der Waals surface area contributed by atoms with E-state index in [1.165, 1.54) is 18.2 Å². The van der Waals surface area contributed by atoms with E-state index < -0.39 is 11.7 Å². The first-order valence-corrected chi connectivity index (χ1v) is 4.73. The molecule has 5 heteroatoms. The van der Waals surface area contributed by atoms with E-state index in [0.29, 0.717) is 5.56 Å². The van der Waals surface area contributed by atoms with Gasteiger partial charge in [-0.3, -0.25) is 0 Å². The highest BCUT2D eigenvalue weighted by Crippen LogP contribution is 2.32. The lowest BCUT2D eigenvalue weighted by molar-refractivity contribution is -0.137. The minimum absolute atomic E-state index is 0.0176. The van der Waals surface area contributed by atoms with E-state index in [2.05, 4.69) is 0 Å². The van der Waals surface area contributed by atoms with Gasteiger partial charge >= 0.3 is 6.18 Å². The lowest BCUT2D eigenvalue weighted by atomic mass is 10.1. The zero-order valence-electron chi connectivity index (χ0n) is 8.05. The first-order chi connectivity index (χ1) is 7.45. The molecule has 0 aromatic heterocycles. The van der Waals surface area contributed by atoms with Crippen LogP contribution in [0.25, 0.3) is 6.08 Å². The second-order valence-electron chi connectivity index (χ2n) is 3.00. The van der Waals surface area contributed by atoms with Crippen molar-refractivity contribution in [1.82, 2.24) is 0 Å². The average molecular weight is 246 g/mol. The molecule has 0 heterocycles. The zero-order valence-corrected chi connectivity index (χ0v) is 8.81. The van der Waals surface area contributed by atoms with E-state index >= 15 is 0 Å². The fourth-order valence-corrected chi connectivity index (χ4v) is 1.32. The van der Waals surface area contributed by atoms with Crippen molar-refractivity contribution in [2.45, 2.75) is 12.6 Å². The Morgan fingerprint density at radius 1 is 1.38 bits per heavy atom. The van der Waals surface area contributed by atoms with Gasteiger partial charge in [0.25, 0.3) is 0 Å². The molecule has 0 amide bonds. The Hall–Kier alpha value is -1.47. The van der Waals surface area contributed by atoms with Crippen LogP contribution in [0.4, 0.5) is 13.2 Å². The minimum Gasteiger partial charge on any atom is -0.198 e. The van der Waals surface area contributed by atoms with Crippen LogP contribution in [0.5, 0.6) is 0 Å². The number of alkyl halides is 3. The summed E-state index contributed by atoms with van der Waals surface area (Å²) in [5, 5.41) is 8.30. The summed E-state index contributed by atoms with van der Waals surface area (Å²) in [4.78, 5) is 0. The van der Waals surface area contributed by atoms with Crippen molar-refractivity contribution in [1.29, 1.82) is 5.26 Å². The fraction of sp³-hybridized carbons (Fsp3) is 0.182. The normalized spacial score (nSPS) is 11.7. The maximum absolute atomic E-state index is 12.3. The van der Waals surface area contributed by atoms with Crippen molar-refractivity contribution in [3.63, 3.8) is 0 Å². The number of halogens is 4. The Morgan fingerprint density at radius 3 is 2.56 bits per heavy atom. The summed E-state index contributed by atoms with van der Waals surface area (Å²) < 4.78 is 36.9. The second-order valence-corrected chi connectivity index (χ2v) is 3.41. The van der Waals surface area contributed by atoms with Gasteiger partial charge in [-0.15, -0.1) is 0 Å². The monoisotopic (exact) mass is 245 g/mol. The van der Waals surface area contributed by atoms with Crippen molar-refractivity contribution in [3.8, 4) is 6.07 Å². The molecule has 0 aliphatic carbocycles. The van der Waals surface area contributed by atoms with E-state index in [9.17, 15) is 13.2 Å². The van der Waals surface area contributed by atoms with Crippen molar-refractivity contribution < 1.29 is 13.2 Å². The molecule has 0 spiro atoms. The number of hydrogen-bond acceptors (Lipinski definition) is 1. The number of nitrogens with zero attached hydrogens (tertiary/aromatic N) is 1. The topological polar surface area (TPSA) is 23.8 Å². The van der Waals surface area contributed by atoms with Crippen LogP contribution < -0.4 is 0 Å². The quantitative estimate of drug-likeness (QED) is 0.763. The molecule has 0 saturated carbocycles. The highest BCUT2D eigenvalue weighted by molar-refractivity contribution is 6.32. The third-order valence-corrected chi connectivity index (χ3v) is 2.16. The first-order valence-electron chi connectivity index (χ1n) is 4.35. The fourth-order valence-electron chi connectivity index (χ4n) is 1.08. The van der Waals surface area contributed by atoms with E-state index in [4.69, 9.17) is 16.9 Å². The summed E-state index contributed by atoms with van der Waals surface area (Å²) in [6.07, 6.45) is -1.14. The summed E-state index contributed by atoms with van der Waals surface area (Å²) in [5.41, 5.74) is -0.320. The Kier molecular flexibility index (Phi) is 3.97. The molecule has 0 bridgehead atoms. The van der Waals surface area contributed by atoms with Gasteiger partial charge in [-0.2, -0.15) is 18.4 Å². The van der Waals surface area contributed by atoms with Gasteiger partial charge in [-0.25, -0.2) is 0 Å². The third-order valence-electron chi connectivity index (χ3n) is 1.83. The van der Waals surface area contributed by atoms with Crippen molar-refractivity contribution in [3.05, 3.63) is 40.4 Å². The summed E-state index contributed by atoms with van der Waals surface area (Å²) in [6.45, 7) is 0. The maximum Gasteiger partial charge on any atom is 0.416 e. The van der Waals surface area contributed by atoms with Crippen molar-refractivity contribution in [2.24, 2.45) is 0 Å². The van der Waals surface area contributed by atoms with Crippen LogP contribution in [0.2, 0.25) is 5.02 Å². The average Bonchev–Trinajstić information content (AvgIpc) is 2.19. The molecule has 1 aromatic carbocycles. The van der Waals surface area contributed by atoms with Gasteiger partial charge in [0.05, 0.1) is 18.1 Å². The molecule has 1 rings (SSSR count). The molecule has 0 unspecified atom stereocenters. The SMILES string of the molecule is N#CCC=Cc1ccc(C(F)(F)F)cc1Cl. The molecule has 0 radical (unpaired) electrons. The van der Waals surface area contributed by atoms with Gasteiger partial charge in [0.15, 0.2) is 0 Å². The molecule has 1 nitrogen and oxygen atoms in total. The number of rotatable bonds is 2. The molecule has 0 atom stereocenters. The van der Waals surface area contributed by atoms with Gasteiger partial charge < -0.3 is 0 Å². The molecule has 1 aromatic rings. The summed E-state index contributed by atoms with van der Waals surface area (Å²) in [5.74, 6) is 0. The highest BCUT2D eigenvalue weighted by atomic mass is 35.5. The Labute approximate surface area is 95.8 Å². The lowest BCUT2D eigenvalue weighted by Crippen LogP contribution is -2.04. The van der Waals surface area contributed by atoms with E-state index in [0.717, 1.165) is 12.1 Å². The van der Waals surface area contributed by atoms with Crippen LogP contribution in [-0.2, 0) is 6.18 Å². The van der Waals surface area contributed by atoms with Crippen molar-refractivity contribution in [2.75, 3.05) is 0 Å². The van der Waals surface area contributed by atoms with Gasteiger partial charge in [0.2, 0.25) is 0 Å². The van der Waals surface area contributed by atoms with Crippen LogP contribution in [0.3, 0.4) is 0 Å².